The number of carbonyl (C=O) groups is 2. The van der Waals surface area contributed by atoms with E-state index in [0.717, 1.165) is 24.0 Å². The van der Waals surface area contributed by atoms with E-state index < -0.39 is 0 Å². The SMILES string of the molecule is O=C(Cc1noc2ccccc12)N1CC(n2cc(N3CCCC3=O)cn2)C1. The standard InChI is InChI=1S/C19H19N5O3/c25-18-6-3-7-23(18)13-9-20-24(12-13)14-10-22(11-14)19(26)8-16-15-4-1-2-5-17(15)27-21-16/h1-2,4-5,9,12,14H,3,6-8,10-11H2. The van der Waals surface area contributed by atoms with Crippen LogP contribution in [0.4, 0.5) is 5.69 Å². The monoisotopic (exact) mass is 365 g/mol. The van der Waals surface area contributed by atoms with Gasteiger partial charge in [-0.1, -0.05) is 17.3 Å². The Bertz CT molecular complexity index is 1020. The molecule has 2 amide bonds. The molecule has 0 aliphatic carbocycles. The van der Waals surface area contributed by atoms with Crippen molar-refractivity contribution in [2.75, 3.05) is 24.5 Å². The molecular formula is C19H19N5O3. The van der Waals surface area contributed by atoms with Crippen LogP contribution in [-0.4, -0.2) is 51.3 Å². The number of fused-ring (bicyclic) bond motifs is 1. The van der Waals surface area contributed by atoms with Crippen LogP contribution in [0.25, 0.3) is 11.0 Å². The number of para-hydroxylation sites is 1. The molecule has 4 heterocycles. The van der Waals surface area contributed by atoms with Gasteiger partial charge in [-0.25, -0.2) is 0 Å². The highest BCUT2D eigenvalue weighted by Gasteiger charge is 2.33. The highest BCUT2D eigenvalue weighted by atomic mass is 16.5. The van der Waals surface area contributed by atoms with Gasteiger partial charge in [-0.15, -0.1) is 0 Å². The Hall–Kier alpha value is -3.16. The zero-order valence-electron chi connectivity index (χ0n) is 14.7. The quantitative estimate of drug-likeness (QED) is 0.704. The Kier molecular flexibility index (Phi) is 3.70. The maximum absolute atomic E-state index is 12.5. The topological polar surface area (TPSA) is 84.5 Å². The van der Waals surface area contributed by atoms with Crippen LogP contribution >= 0.6 is 0 Å². The second-order valence-corrected chi connectivity index (χ2v) is 7.08. The molecule has 8 nitrogen and oxygen atoms in total. The Labute approximate surface area is 155 Å². The van der Waals surface area contributed by atoms with Crippen molar-refractivity contribution in [3.63, 3.8) is 0 Å². The minimum Gasteiger partial charge on any atom is -0.356 e. The van der Waals surface area contributed by atoms with E-state index in [-0.39, 0.29) is 24.3 Å². The van der Waals surface area contributed by atoms with Crippen molar-refractivity contribution < 1.29 is 14.1 Å². The van der Waals surface area contributed by atoms with Gasteiger partial charge in [-0.05, 0) is 18.6 Å². The number of aromatic nitrogens is 3. The lowest BCUT2D eigenvalue weighted by Crippen LogP contribution is -2.51. The summed E-state index contributed by atoms with van der Waals surface area (Å²) < 4.78 is 7.12. The normalized spacial score (nSPS) is 17.7. The Balaban J connectivity index is 1.21. The van der Waals surface area contributed by atoms with Crippen LogP contribution in [0, 0.1) is 0 Å². The molecule has 2 aromatic heterocycles. The summed E-state index contributed by atoms with van der Waals surface area (Å²) in [6.07, 6.45) is 5.37. The Morgan fingerprint density at radius 2 is 2.11 bits per heavy atom. The van der Waals surface area contributed by atoms with Crippen LogP contribution < -0.4 is 4.90 Å². The van der Waals surface area contributed by atoms with E-state index in [1.54, 1.807) is 16.0 Å². The van der Waals surface area contributed by atoms with E-state index in [4.69, 9.17) is 4.52 Å². The van der Waals surface area contributed by atoms with Crippen molar-refractivity contribution in [2.24, 2.45) is 0 Å². The number of nitrogens with zero attached hydrogens (tertiary/aromatic N) is 5. The van der Waals surface area contributed by atoms with Gasteiger partial charge >= 0.3 is 0 Å². The number of benzene rings is 1. The molecule has 1 aromatic carbocycles. The van der Waals surface area contributed by atoms with Crippen LogP contribution in [0.5, 0.6) is 0 Å². The van der Waals surface area contributed by atoms with E-state index in [0.29, 0.717) is 30.8 Å². The van der Waals surface area contributed by atoms with Crippen molar-refractivity contribution in [2.45, 2.75) is 25.3 Å². The first-order valence-corrected chi connectivity index (χ1v) is 9.14. The van der Waals surface area contributed by atoms with Crippen LogP contribution in [0.1, 0.15) is 24.6 Å². The maximum Gasteiger partial charge on any atom is 0.228 e. The van der Waals surface area contributed by atoms with E-state index in [1.807, 2.05) is 35.1 Å². The lowest BCUT2D eigenvalue weighted by molar-refractivity contribution is -0.136. The first-order valence-electron chi connectivity index (χ1n) is 9.14. The smallest absolute Gasteiger partial charge is 0.228 e. The minimum atomic E-state index is 0.0346. The van der Waals surface area contributed by atoms with Crippen LogP contribution in [-0.2, 0) is 16.0 Å². The molecule has 2 aliphatic heterocycles. The van der Waals surface area contributed by atoms with E-state index in [9.17, 15) is 9.59 Å². The predicted octanol–water partition coefficient (Wildman–Crippen LogP) is 1.78. The third kappa shape index (κ3) is 2.77. The Morgan fingerprint density at radius 1 is 1.26 bits per heavy atom. The van der Waals surface area contributed by atoms with Crippen LogP contribution in [0.2, 0.25) is 0 Å². The molecule has 0 radical (unpaired) electrons. The molecule has 138 valence electrons. The number of likely N-dealkylation sites (tertiary alicyclic amines) is 1. The second-order valence-electron chi connectivity index (χ2n) is 7.08. The molecule has 2 fully saturated rings. The van der Waals surface area contributed by atoms with Gasteiger partial charge in [0.2, 0.25) is 11.8 Å². The lowest BCUT2D eigenvalue weighted by atomic mass is 10.1. The van der Waals surface area contributed by atoms with Crippen molar-refractivity contribution >= 4 is 28.5 Å². The van der Waals surface area contributed by atoms with Crippen LogP contribution in [0.15, 0.2) is 41.2 Å². The number of carbonyl (C=O) groups excluding carboxylic acids is 2. The third-order valence-corrected chi connectivity index (χ3v) is 5.33. The maximum atomic E-state index is 12.5. The largest absolute Gasteiger partial charge is 0.356 e. The zero-order chi connectivity index (χ0) is 18.4. The fourth-order valence-corrected chi connectivity index (χ4v) is 3.74. The molecule has 2 aliphatic rings. The van der Waals surface area contributed by atoms with Crippen molar-refractivity contribution in [1.82, 2.24) is 19.8 Å². The van der Waals surface area contributed by atoms with Crippen molar-refractivity contribution in [3.05, 3.63) is 42.4 Å². The molecule has 27 heavy (non-hydrogen) atoms. The molecule has 2 saturated heterocycles. The molecule has 0 atom stereocenters. The van der Waals surface area contributed by atoms with E-state index in [1.165, 1.54) is 0 Å². The molecule has 8 heteroatoms. The molecule has 5 rings (SSSR count). The molecule has 0 spiro atoms. The summed E-state index contributed by atoms with van der Waals surface area (Å²) in [6.45, 7) is 1.98. The first-order chi connectivity index (χ1) is 13.2. The first kappa shape index (κ1) is 16.0. The van der Waals surface area contributed by atoms with Gasteiger partial charge in [0, 0.05) is 37.6 Å². The van der Waals surface area contributed by atoms with Gasteiger partial charge in [-0.2, -0.15) is 5.10 Å². The summed E-state index contributed by atoms with van der Waals surface area (Å²) in [6, 6.07) is 7.70. The fraction of sp³-hybridized carbons (Fsp3) is 0.368. The number of anilines is 1. The zero-order valence-corrected chi connectivity index (χ0v) is 14.7. The third-order valence-electron chi connectivity index (χ3n) is 5.33. The molecule has 0 unspecified atom stereocenters. The molecule has 3 aromatic rings. The number of amides is 2. The van der Waals surface area contributed by atoms with Crippen molar-refractivity contribution in [1.29, 1.82) is 0 Å². The number of hydrogen-bond acceptors (Lipinski definition) is 5. The minimum absolute atomic E-state index is 0.0346. The van der Waals surface area contributed by atoms with Gasteiger partial charge in [-0.3, -0.25) is 14.3 Å². The van der Waals surface area contributed by atoms with Crippen LogP contribution in [0.3, 0.4) is 0 Å². The average molecular weight is 365 g/mol. The predicted molar refractivity (Wildman–Crippen MR) is 97.1 cm³/mol. The highest BCUT2D eigenvalue weighted by molar-refractivity contribution is 5.95. The van der Waals surface area contributed by atoms with Gasteiger partial charge in [0.1, 0.15) is 5.69 Å². The number of hydrogen-bond donors (Lipinski definition) is 0. The molecular weight excluding hydrogens is 346 g/mol. The lowest BCUT2D eigenvalue weighted by Gasteiger charge is -2.39. The summed E-state index contributed by atoms with van der Waals surface area (Å²) in [5, 5.41) is 9.30. The summed E-state index contributed by atoms with van der Waals surface area (Å²) in [4.78, 5) is 28.0. The van der Waals surface area contributed by atoms with E-state index in [2.05, 4.69) is 10.3 Å². The fourth-order valence-electron chi connectivity index (χ4n) is 3.74. The highest BCUT2D eigenvalue weighted by Crippen LogP contribution is 2.27. The van der Waals surface area contributed by atoms with Crippen molar-refractivity contribution in [3.8, 4) is 0 Å². The van der Waals surface area contributed by atoms with Gasteiger partial charge < -0.3 is 14.3 Å². The molecule has 0 saturated carbocycles. The summed E-state index contributed by atoms with van der Waals surface area (Å²) in [7, 11) is 0. The van der Waals surface area contributed by atoms with Gasteiger partial charge in [0.15, 0.2) is 5.58 Å². The van der Waals surface area contributed by atoms with E-state index >= 15 is 0 Å². The van der Waals surface area contributed by atoms with Gasteiger partial charge in [0.25, 0.3) is 0 Å². The summed E-state index contributed by atoms with van der Waals surface area (Å²) in [5.41, 5.74) is 2.21. The van der Waals surface area contributed by atoms with Gasteiger partial charge in [0.05, 0.1) is 24.3 Å². The summed E-state index contributed by atoms with van der Waals surface area (Å²) in [5.74, 6) is 0.187. The second kappa shape index (κ2) is 6.22. The Morgan fingerprint density at radius 3 is 2.93 bits per heavy atom. The average Bonchev–Trinajstić information content (AvgIpc) is 3.34. The molecule has 0 N–H and O–H groups in total. The number of rotatable bonds is 4. The summed E-state index contributed by atoms with van der Waals surface area (Å²) >= 11 is 0. The molecule has 0 bridgehead atoms.